The number of hydrazone groups is 1. The van der Waals surface area contributed by atoms with Crippen molar-refractivity contribution in [3.63, 3.8) is 0 Å². The van der Waals surface area contributed by atoms with Gasteiger partial charge in [0.05, 0.1) is 24.5 Å². The van der Waals surface area contributed by atoms with E-state index in [9.17, 15) is 13.2 Å². The monoisotopic (exact) mass is 325 g/mol. The Hall–Kier alpha value is -2.60. The third-order valence-electron chi connectivity index (χ3n) is 3.18. The molecule has 23 heavy (non-hydrogen) atoms. The summed E-state index contributed by atoms with van der Waals surface area (Å²) in [5, 5.41) is 20.7. The first-order valence-corrected chi connectivity index (χ1v) is 6.75. The lowest BCUT2D eigenvalue weighted by Gasteiger charge is -2.28. The van der Waals surface area contributed by atoms with E-state index in [0.29, 0.717) is 26.3 Å². The number of para-hydroxylation sites is 1. The van der Waals surface area contributed by atoms with Crippen LogP contribution in [0.4, 0.5) is 18.9 Å². The molecule has 0 atom stereocenters. The maximum atomic E-state index is 12.9. The number of hydrogen-bond donors (Lipinski definition) is 2. The van der Waals surface area contributed by atoms with Gasteiger partial charge in [-0.25, -0.2) is 0 Å². The highest BCUT2D eigenvalue weighted by molar-refractivity contribution is 6.46. The van der Waals surface area contributed by atoms with E-state index in [4.69, 9.17) is 15.4 Å². The van der Waals surface area contributed by atoms with Crippen molar-refractivity contribution in [3.05, 3.63) is 29.8 Å². The highest BCUT2D eigenvalue weighted by Gasteiger charge is 2.33. The summed E-state index contributed by atoms with van der Waals surface area (Å²) < 4.78 is 43.8. The van der Waals surface area contributed by atoms with Gasteiger partial charge >= 0.3 is 6.18 Å². The molecule has 0 bridgehead atoms. The van der Waals surface area contributed by atoms with E-state index in [-0.39, 0.29) is 17.2 Å². The molecule has 0 radical (unpaired) electrons. The van der Waals surface area contributed by atoms with Crippen LogP contribution in [0.1, 0.15) is 5.56 Å². The van der Waals surface area contributed by atoms with E-state index in [0.717, 1.165) is 6.07 Å². The normalized spacial score (nSPS) is 15.9. The van der Waals surface area contributed by atoms with Crippen LogP contribution in [-0.2, 0) is 10.9 Å². The number of halogens is 3. The minimum Gasteiger partial charge on any atom is -0.378 e. The first-order valence-electron chi connectivity index (χ1n) is 6.75. The van der Waals surface area contributed by atoms with E-state index in [2.05, 4.69) is 10.5 Å². The topological polar surface area (TPSA) is 84.5 Å². The molecule has 9 heteroatoms. The first-order chi connectivity index (χ1) is 10.9. The number of nitrogens with zero attached hydrogens (tertiary/aromatic N) is 3. The molecule has 122 valence electrons. The van der Waals surface area contributed by atoms with Crippen molar-refractivity contribution < 1.29 is 17.9 Å². The molecule has 1 aliphatic heterocycles. The summed E-state index contributed by atoms with van der Waals surface area (Å²) in [6, 6.07) is 6.53. The fourth-order valence-corrected chi connectivity index (χ4v) is 2.01. The lowest BCUT2D eigenvalue weighted by atomic mass is 10.2. The molecule has 1 aliphatic rings. The van der Waals surface area contributed by atoms with Crippen molar-refractivity contribution in [2.75, 3.05) is 31.7 Å². The highest BCUT2D eigenvalue weighted by Crippen LogP contribution is 2.34. The van der Waals surface area contributed by atoms with Gasteiger partial charge in [-0.3, -0.25) is 10.8 Å². The summed E-state index contributed by atoms with van der Waals surface area (Å²) in [5.74, 6) is -0.146. The number of morpholine rings is 1. The fourth-order valence-electron chi connectivity index (χ4n) is 2.01. The van der Waals surface area contributed by atoms with E-state index < -0.39 is 11.7 Å². The number of nitrogens with one attached hydrogen (secondary N) is 2. The van der Waals surface area contributed by atoms with E-state index in [1.807, 2.05) is 0 Å². The number of amidine groups is 1. The highest BCUT2D eigenvalue weighted by atomic mass is 19.4. The molecule has 0 aliphatic carbocycles. The van der Waals surface area contributed by atoms with E-state index in [1.54, 1.807) is 11.0 Å². The third-order valence-corrected chi connectivity index (χ3v) is 3.18. The van der Waals surface area contributed by atoms with Crippen LogP contribution >= 0.6 is 0 Å². The van der Waals surface area contributed by atoms with Gasteiger partial charge in [-0.05, 0) is 12.1 Å². The Labute approximate surface area is 130 Å². The Balaban J connectivity index is 2.17. The number of alkyl halides is 3. The SMILES string of the molecule is N#CC(=NNc1ccccc1C(F)(F)F)C(=N)N1CCOCC1. The number of ether oxygens (including phenoxy) is 1. The number of rotatable bonds is 3. The van der Waals surface area contributed by atoms with E-state index in [1.165, 1.54) is 18.2 Å². The smallest absolute Gasteiger partial charge is 0.378 e. The average molecular weight is 325 g/mol. The van der Waals surface area contributed by atoms with Crippen molar-refractivity contribution in [1.29, 1.82) is 10.7 Å². The summed E-state index contributed by atoms with van der Waals surface area (Å²) >= 11 is 0. The lowest BCUT2D eigenvalue weighted by molar-refractivity contribution is -0.136. The molecule has 6 nitrogen and oxygen atoms in total. The second-order valence-corrected chi connectivity index (χ2v) is 4.68. The molecule has 0 amide bonds. The van der Waals surface area contributed by atoms with Crippen molar-refractivity contribution in [2.24, 2.45) is 5.10 Å². The fraction of sp³-hybridized carbons (Fsp3) is 0.357. The van der Waals surface area contributed by atoms with Crippen LogP contribution in [-0.4, -0.2) is 42.8 Å². The van der Waals surface area contributed by atoms with Gasteiger partial charge < -0.3 is 9.64 Å². The molecule has 0 saturated carbocycles. The van der Waals surface area contributed by atoms with Gasteiger partial charge in [0.25, 0.3) is 0 Å². The molecule has 0 aromatic heterocycles. The molecule has 2 N–H and O–H groups in total. The van der Waals surface area contributed by atoms with Crippen LogP contribution in [0.5, 0.6) is 0 Å². The Morgan fingerprint density at radius 3 is 2.57 bits per heavy atom. The predicted octanol–water partition coefficient (Wildman–Crippen LogP) is 2.31. The maximum absolute atomic E-state index is 12.9. The second-order valence-electron chi connectivity index (χ2n) is 4.68. The number of anilines is 1. The lowest BCUT2D eigenvalue weighted by Crippen LogP contribution is -2.43. The summed E-state index contributed by atoms with van der Waals surface area (Å²) in [5.41, 5.74) is 0.784. The largest absolute Gasteiger partial charge is 0.418 e. The average Bonchev–Trinajstić information content (AvgIpc) is 2.55. The van der Waals surface area contributed by atoms with Crippen LogP contribution < -0.4 is 5.43 Å². The van der Waals surface area contributed by atoms with Crippen molar-refractivity contribution in [1.82, 2.24) is 4.90 Å². The summed E-state index contributed by atoms with van der Waals surface area (Å²) in [4.78, 5) is 1.59. The zero-order valence-electron chi connectivity index (χ0n) is 12.0. The molecule has 1 aromatic rings. The van der Waals surface area contributed by atoms with Crippen molar-refractivity contribution >= 4 is 17.2 Å². The van der Waals surface area contributed by atoms with Crippen molar-refractivity contribution in [3.8, 4) is 6.07 Å². The number of hydrogen-bond acceptors (Lipinski definition) is 5. The molecule has 0 unspecified atom stereocenters. The van der Waals surface area contributed by atoms with Crippen LogP contribution in [0.3, 0.4) is 0 Å². The van der Waals surface area contributed by atoms with Crippen LogP contribution in [0.15, 0.2) is 29.4 Å². The molecular weight excluding hydrogens is 311 g/mol. The summed E-state index contributed by atoms with van der Waals surface area (Å²) in [6.07, 6.45) is -4.54. The van der Waals surface area contributed by atoms with Gasteiger partial charge in [0.1, 0.15) is 6.07 Å². The Morgan fingerprint density at radius 1 is 1.30 bits per heavy atom. The predicted molar refractivity (Wildman–Crippen MR) is 78.2 cm³/mol. The minimum absolute atomic E-state index is 0.146. The van der Waals surface area contributed by atoms with Gasteiger partial charge in [0, 0.05) is 13.1 Å². The van der Waals surface area contributed by atoms with Crippen molar-refractivity contribution in [2.45, 2.75) is 6.18 Å². The molecule has 0 spiro atoms. The Bertz CT molecular complexity index is 645. The van der Waals surface area contributed by atoms with Gasteiger partial charge in [-0.1, -0.05) is 12.1 Å². The zero-order valence-corrected chi connectivity index (χ0v) is 12.0. The third kappa shape index (κ3) is 4.20. The van der Waals surface area contributed by atoms with Gasteiger partial charge in [0.2, 0.25) is 5.71 Å². The molecular formula is C14H14F3N5O. The second kappa shape index (κ2) is 7.11. The van der Waals surface area contributed by atoms with Crippen LogP contribution in [0, 0.1) is 16.7 Å². The number of nitriles is 1. The zero-order chi connectivity index (χ0) is 16.9. The standard InChI is InChI=1S/C14H14F3N5O/c15-14(16,17)10-3-1-2-4-11(10)20-21-12(9-18)13(19)22-5-7-23-8-6-22/h1-4,19-20H,5-8H2. The van der Waals surface area contributed by atoms with Gasteiger partial charge in [0.15, 0.2) is 5.84 Å². The summed E-state index contributed by atoms with van der Waals surface area (Å²) in [6.45, 7) is 1.70. The quantitative estimate of drug-likeness (QED) is 0.507. The molecule has 1 fully saturated rings. The van der Waals surface area contributed by atoms with Gasteiger partial charge in [-0.2, -0.15) is 23.5 Å². The summed E-state index contributed by atoms with van der Waals surface area (Å²) in [7, 11) is 0. The maximum Gasteiger partial charge on any atom is 0.418 e. The molecule has 1 heterocycles. The molecule has 1 saturated heterocycles. The van der Waals surface area contributed by atoms with Gasteiger partial charge in [-0.15, -0.1) is 0 Å². The Kier molecular flexibility index (Phi) is 5.18. The number of benzene rings is 1. The van der Waals surface area contributed by atoms with Crippen LogP contribution in [0.2, 0.25) is 0 Å². The first kappa shape index (κ1) is 16.8. The van der Waals surface area contributed by atoms with E-state index >= 15 is 0 Å². The molecule has 2 rings (SSSR count). The minimum atomic E-state index is -4.54. The molecule has 1 aromatic carbocycles. The Morgan fingerprint density at radius 2 is 1.96 bits per heavy atom. The van der Waals surface area contributed by atoms with Crippen LogP contribution in [0.25, 0.3) is 0 Å².